The molecule has 2 nitrogen and oxygen atoms in total. The summed E-state index contributed by atoms with van der Waals surface area (Å²) in [4.78, 5) is 1.09. The number of nitrogens with zero attached hydrogens (tertiary/aromatic N) is 1. The van der Waals surface area contributed by atoms with Crippen LogP contribution in [0.25, 0.3) is 10.4 Å². The third kappa shape index (κ3) is 1.67. The minimum Gasteiger partial charge on any atom is -0.382 e. The molecule has 0 fully saturated rings. The molecule has 0 saturated carbocycles. The van der Waals surface area contributed by atoms with Crippen LogP contribution in [0.2, 0.25) is 0 Å². The second-order valence-electron chi connectivity index (χ2n) is 3.08. The van der Waals surface area contributed by atoms with Gasteiger partial charge in [0.25, 0.3) is 0 Å². The monoisotopic (exact) mass is 268 g/mol. The maximum atomic E-state index is 5.66. The molecule has 2 N–H and O–H groups in total. The third-order valence-electron chi connectivity index (χ3n) is 1.97. The number of anilines is 1. The molecule has 72 valence electrons. The molecule has 0 atom stereocenters. The zero-order valence-electron chi connectivity index (χ0n) is 7.62. The molecule has 0 aliphatic rings. The molecule has 1 heterocycles. The largest absolute Gasteiger partial charge is 0.382 e. The Balaban J connectivity index is 2.49. The van der Waals surface area contributed by atoms with Gasteiger partial charge in [-0.25, -0.2) is 0 Å². The Kier molecular flexibility index (Phi) is 2.56. The number of aromatic nitrogens is 1. The van der Waals surface area contributed by atoms with Gasteiger partial charge in [0.2, 0.25) is 0 Å². The van der Waals surface area contributed by atoms with Crippen molar-refractivity contribution in [2.45, 2.75) is 6.92 Å². The number of hydrogen-bond donors (Lipinski definition) is 1. The maximum absolute atomic E-state index is 5.66. The highest BCUT2D eigenvalue weighted by Gasteiger charge is 2.09. The maximum Gasteiger partial charge on any atom is 0.152 e. The van der Waals surface area contributed by atoms with Gasteiger partial charge >= 0.3 is 0 Å². The van der Waals surface area contributed by atoms with Gasteiger partial charge in [-0.05, 0) is 39.9 Å². The first-order valence-electron chi connectivity index (χ1n) is 4.16. The molecule has 2 aromatic rings. The van der Waals surface area contributed by atoms with Gasteiger partial charge in [0.1, 0.15) is 0 Å². The van der Waals surface area contributed by atoms with Crippen molar-refractivity contribution in [3.8, 4) is 10.4 Å². The number of aryl methyl sites for hydroxylation is 1. The Morgan fingerprint density at radius 2 is 1.93 bits per heavy atom. The van der Waals surface area contributed by atoms with Gasteiger partial charge in [-0.15, -0.1) is 0 Å². The van der Waals surface area contributed by atoms with Gasteiger partial charge in [0.05, 0.1) is 9.35 Å². The van der Waals surface area contributed by atoms with Crippen LogP contribution in [0.15, 0.2) is 28.7 Å². The van der Waals surface area contributed by atoms with Crippen molar-refractivity contribution < 1.29 is 0 Å². The van der Waals surface area contributed by atoms with E-state index in [2.05, 4.69) is 51.5 Å². The van der Waals surface area contributed by atoms with Crippen LogP contribution in [0.4, 0.5) is 5.82 Å². The summed E-state index contributed by atoms with van der Waals surface area (Å²) in [6.45, 7) is 2.07. The molecule has 1 aromatic heterocycles. The molecule has 4 heteroatoms. The number of hydrogen-bond acceptors (Lipinski definition) is 3. The Morgan fingerprint density at radius 3 is 2.43 bits per heavy atom. The van der Waals surface area contributed by atoms with Crippen LogP contribution in [0, 0.1) is 6.92 Å². The fourth-order valence-corrected chi connectivity index (χ4v) is 2.53. The van der Waals surface area contributed by atoms with Crippen molar-refractivity contribution in [3.63, 3.8) is 0 Å². The first kappa shape index (κ1) is 9.68. The van der Waals surface area contributed by atoms with E-state index >= 15 is 0 Å². The summed E-state index contributed by atoms with van der Waals surface area (Å²) in [7, 11) is 0. The van der Waals surface area contributed by atoms with Crippen LogP contribution >= 0.6 is 27.5 Å². The van der Waals surface area contributed by atoms with Crippen LogP contribution in [-0.2, 0) is 0 Å². The summed E-state index contributed by atoms with van der Waals surface area (Å²) in [5, 5.41) is 0. The van der Waals surface area contributed by atoms with Crippen LogP contribution in [0.3, 0.4) is 0 Å². The fraction of sp³-hybridized carbons (Fsp3) is 0.100. The summed E-state index contributed by atoms with van der Waals surface area (Å²) in [5.41, 5.74) is 8.06. The first-order valence-corrected chi connectivity index (χ1v) is 5.73. The smallest absolute Gasteiger partial charge is 0.152 e. The lowest BCUT2D eigenvalue weighted by Gasteiger charge is -1.98. The Hall–Kier alpha value is -0.870. The van der Waals surface area contributed by atoms with Crippen molar-refractivity contribution in [3.05, 3.63) is 34.3 Å². The topological polar surface area (TPSA) is 38.9 Å². The standard InChI is InChI=1S/C10H9BrN2S/c1-6-2-4-7(5-3-6)9-8(11)10(12)13-14-9/h2-5H,1H3,(H2,12,13). The van der Waals surface area contributed by atoms with Crippen LogP contribution in [-0.4, -0.2) is 4.37 Å². The van der Waals surface area contributed by atoms with Gasteiger partial charge in [-0.2, -0.15) is 4.37 Å². The number of benzene rings is 1. The van der Waals surface area contributed by atoms with Crippen molar-refractivity contribution in [1.29, 1.82) is 0 Å². The van der Waals surface area contributed by atoms with Crippen molar-refractivity contribution in [2.75, 3.05) is 5.73 Å². The van der Waals surface area contributed by atoms with Gasteiger partial charge < -0.3 is 5.73 Å². The molecule has 14 heavy (non-hydrogen) atoms. The van der Waals surface area contributed by atoms with Gasteiger partial charge in [0.15, 0.2) is 5.82 Å². The highest BCUT2D eigenvalue weighted by atomic mass is 79.9. The van der Waals surface area contributed by atoms with Crippen LogP contribution in [0.5, 0.6) is 0 Å². The lowest BCUT2D eigenvalue weighted by atomic mass is 10.1. The summed E-state index contributed by atoms with van der Waals surface area (Å²) in [5.74, 6) is 0.561. The predicted octanol–water partition coefficient (Wildman–Crippen LogP) is 3.46. The summed E-state index contributed by atoms with van der Waals surface area (Å²) in [6.07, 6.45) is 0. The zero-order valence-corrected chi connectivity index (χ0v) is 10.0. The molecule has 0 amide bonds. The lowest BCUT2D eigenvalue weighted by Crippen LogP contribution is -1.83. The average Bonchev–Trinajstić information content (AvgIpc) is 2.50. The van der Waals surface area contributed by atoms with Crippen molar-refractivity contribution >= 4 is 33.3 Å². The predicted molar refractivity (Wildman–Crippen MR) is 64.4 cm³/mol. The van der Waals surface area contributed by atoms with Crippen molar-refractivity contribution in [2.24, 2.45) is 0 Å². The minimum atomic E-state index is 0.561. The highest BCUT2D eigenvalue weighted by Crippen LogP contribution is 2.35. The minimum absolute atomic E-state index is 0.561. The summed E-state index contributed by atoms with van der Waals surface area (Å²) >= 11 is 4.84. The Labute approximate surface area is 95.1 Å². The number of nitrogens with two attached hydrogens (primary N) is 1. The average molecular weight is 269 g/mol. The van der Waals surface area contributed by atoms with Crippen LogP contribution in [0.1, 0.15) is 5.56 Å². The number of nitrogen functional groups attached to an aromatic ring is 1. The Bertz CT molecular complexity index is 448. The van der Waals surface area contributed by atoms with E-state index in [1.54, 1.807) is 0 Å². The zero-order chi connectivity index (χ0) is 10.1. The second-order valence-corrected chi connectivity index (χ2v) is 4.64. The molecule has 2 rings (SSSR count). The number of rotatable bonds is 1. The molecule has 1 aromatic carbocycles. The van der Waals surface area contributed by atoms with E-state index in [9.17, 15) is 0 Å². The first-order chi connectivity index (χ1) is 6.68. The molecule has 0 bridgehead atoms. The Morgan fingerprint density at radius 1 is 1.29 bits per heavy atom. The normalized spacial score (nSPS) is 10.4. The van der Waals surface area contributed by atoms with E-state index in [1.165, 1.54) is 17.1 Å². The van der Waals surface area contributed by atoms with Crippen molar-refractivity contribution in [1.82, 2.24) is 4.37 Å². The van der Waals surface area contributed by atoms with E-state index in [0.717, 1.165) is 14.9 Å². The second kappa shape index (κ2) is 3.71. The van der Waals surface area contributed by atoms with E-state index in [4.69, 9.17) is 5.73 Å². The van der Waals surface area contributed by atoms with Gasteiger partial charge in [0, 0.05) is 0 Å². The molecule has 0 unspecified atom stereocenters. The molecule has 0 saturated heterocycles. The van der Waals surface area contributed by atoms with E-state index in [0.29, 0.717) is 5.82 Å². The molecule has 0 aliphatic heterocycles. The number of halogens is 1. The van der Waals surface area contributed by atoms with Gasteiger partial charge in [-0.3, -0.25) is 0 Å². The molecular weight excluding hydrogens is 260 g/mol. The summed E-state index contributed by atoms with van der Waals surface area (Å²) in [6, 6.07) is 8.31. The van der Waals surface area contributed by atoms with Gasteiger partial charge in [-0.1, -0.05) is 29.8 Å². The SMILES string of the molecule is Cc1ccc(-c2snc(N)c2Br)cc1. The van der Waals surface area contributed by atoms with E-state index < -0.39 is 0 Å². The third-order valence-corrected chi connectivity index (χ3v) is 3.95. The fourth-order valence-electron chi connectivity index (χ4n) is 1.18. The van der Waals surface area contributed by atoms with E-state index in [-0.39, 0.29) is 0 Å². The quantitative estimate of drug-likeness (QED) is 0.861. The van der Waals surface area contributed by atoms with E-state index in [1.807, 2.05) is 0 Å². The lowest BCUT2D eigenvalue weighted by molar-refractivity contribution is 1.47. The highest BCUT2D eigenvalue weighted by molar-refractivity contribution is 9.10. The molecule has 0 spiro atoms. The molecular formula is C10H9BrN2S. The summed E-state index contributed by atoms with van der Waals surface area (Å²) < 4.78 is 4.98. The molecule has 0 radical (unpaired) electrons. The molecule has 0 aliphatic carbocycles. The van der Waals surface area contributed by atoms with Crippen LogP contribution < -0.4 is 5.73 Å².